The Morgan fingerprint density at radius 3 is 2.91 bits per heavy atom. The molecule has 1 aromatic carbocycles. The molecule has 0 saturated carbocycles. The molecule has 0 aliphatic carbocycles. The molecule has 0 radical (unpaired) electrons. The number of carbonyl (C=O) groups excluding carboxylic acids is 1. The number of rotatable bonds is 4. The number of nitrogens with one attached hydrogen (secondary N) is 1. The standard InChI is InChI=1S/C15H16N4O3/c1-2-18(7-8-20)15(22)11-9-16-19-12-6-4-3-5-10(12)14(21)17-13(11)19/h3-6,9,20H,2,7-8H2,1H3,(H,17,21). The Balaban J connectivity index is 2.21. The molecule has 7 heteroatoms. The fraction of sp³-hybridized carbons (Fsp3) is 0.267. The van der Waals surface area contributed by atoms with Crippen molar-refractivity contribution in [1.29, 1.82) is 0 Å². The van der Waals surface area contributed by atoms with Crippen molar-refractivity contribution in [3.8, 4) is 0 Å². The van der Waals surface area contributed by atoms with Gasteiger partial charge < -0.3 is 15.0 Å². The van der Waals surface area contributed by atoms with E-state index in [9.17, 15) is 9.59 Å². The van der Waals surface area contributed by atoms with Crippen LogP contribution in [0.3, 0.4) is 0 Å². The predicted octanol–water partition coefficient (Wildman–Crippen LogP) is 0.630. The summed E-state index contributed by atoms with van der Waals surface area (Å²) in [6.07, 6.45) is 1.44. The number of nitrogens with zero attached hydrogens (tertiary/aromatic N) is 3. The Morgan fingerprint density at radius 1 is 1.41 bits per heavy atom. The molecule has 7 nitrogen and oxygen atoms in total. The van der Waals surface area contributed by atoms with Crippen LogP contribution >= 0.6 is 0 Å². The molecule has 0 aliphatic heterocycles. The molecule has 2 heterocycles. The van der Waals surface area contributed by atoms with E-state index in [1.807, 2.05) is 13.0 Å². The van der Waals surface area contributed by atoms with Crippen LogP contribution in [-0.4, -0.2) is 50.2 Å². The molecule has 0 saturated heterocycles. The molecule has 1 amide bonds. The fourth-order valence-electron chi connectivity index (χ4n) is 2.53. The lowest BCUT2D eigenvalue weighted by Crippen LogP contribution is -2.33. The van der Waals surface area contributed by atoms with Gasteiger partial charge >= 0.3 is 0 Å². The Hall–Kier alpha value is -2.67. The third kappa shape index (κ3) is 2.15. The molecule has 114 valence electrons. The highest BCUT2D eigenvalue weighted by molar-refractivity contribution is 6.00. The minimum Gasteiger partial charge on any atom is -0.395 e. The van der Waals surface area contributed by atoms with Gasteiger partial charge in [-0.15, -0.1) is 0 Å². The SMILES string of the molecule is CCN(CCO)C(=O)c1cnn2c1[nH]c(=O)c1ccccc12. The minimum absolute atomic E-state index is 0.113. The van der Waals surface area contributed by atoms with Crippen molar-refractivity contribution in [3.05, 3.63) is 46.4 Å². The number of aliphatic hydroxyl groups is 1. The number of carbonyl (C=O) groups is 1. The first-order valence-corrected chi connectivity index (χ1v) is 7.06. The lowest BCUT2D eigenvalue weighted by atomic mass is 10.2. The number of aliphatic hydroxyl groups excluding tert-OH is 1. The summed E-state index contributed by atoms with van der Waals surface area (Å²) in [6.45, 7) is 2.43. The minimum atomic E-state index is -0.266. The molecule has 22 heavy (non-hydrogen) atoms. The summed E-state index contributed by atoms with van der Waals surface area (Å²) in [5.41, 5.74) is 1.07. The number of likely N-dealkylation sites (N-methyl/N-ethyl adjacent to an activating group) is 1. The van der Waals surface area contributed by atoms with Gasteiger partial charge in [0.05, 0.1) is 23.7 Å². The maximum Gasteiger partial charge on any atom is 0.259 e. The number of amides is 1. The lowest BCUT2D eigenvalue weighted by molar-refractivity contribution is 0.0733. The van der Waals surface area contributed by atoms with Gasteiger partial charge in [-0.2, -0.15) is 5.10 Å². The second-order valence-electron chi connectivity index (χ2n) is 4.90. The zero-order chi connectivity index (χ0) is 15.7. The summed E-state index contributed by atoms with van der Waals surface area (Å²) in [4.78, 5) is 28.9. The van der Waals surface area contributed by atoms with Crippen LogP contribution in [-0.2, 0) is 0 Å². The van der Waals surface area contributed by atoms with Crippen molar-refractivity contribution in [3.63, 3.8) is 0 Å². The smallest absolute Gasteiger partial charge is 0.259 e. The van der Waals surface area contributed by atoms with E-state index in [0.29, 0.717) is 28.7 Å². The van der Waals surface area contributed by atoms with Gasteiger partial charge in [0.15, 0.2) is 0 Å². The van der Waals surface area contributed by atoms with Crippen LogP contribution in [0.25, 0.3) is 16.6 Å². The lowest BCUT2D eigenvalue weighted by Gasteiger charge is -2.18. The highest BCUT2D eigenvalue weighted by Gasteiger charge is 2.20. The predicted molar refractivity (Wildman–Crippen MR) is 82.0 cm³/mol. The Bertz CT molecular complexity index is 897. The van der Waals surface area contributed by atoms with E-state index in [-0.39, 0.29) is 24.6 Å². The van der Waals surface area contributed by atoms with Crippen LogP contribution in [0.1, 0.15) is 17.3 Å². The maximum atomic E-state index is 12.5. The Morgan fingerprint density at radius 2 is 2.18 bits per heavy atom. The van der Waals surface area contributed by atoms with Crippen molar-refractivity contribution in [2.75, 3.05) is 19.7 Å². The topological polar surface area (TPSA) is 90.7 Å². The average molecular weight is 300 g/mol. The molecule has 0 aliphatic rings. The molecular formula is C15H16N4O3. The number of aromatic nitrogens is 3. The summed E-state index contributed by atoms with van der Waals surface area (Å²) in [7, 11) is 0. The molecule has 3 aromatic rings. The zero-order valence-electron chi connectivity index (χ0n) is 12.1. The number of hydrogen-bond donors (Lipinski definition) is 2. The van der Waals surface area contributed by atoms with E-state index < -0.39 is 0 Å². The largest absolute Gasteiger partial charge is 0.395 e. The van der Waals surface area contributed by atoms with E-state index in [2.05, 4.69) is 10.1 Å². The second-order valence-corrected chi connectivity index (χ2v) is 4.90. The van der Waals surface area contributed by atoms with E-state index >= 15 is 0 Å². The van der Waals surface area contributed by atoms with Gasteiger partial charge in [0.25, 0.3) is 11.5 Å². The number of para-hydroxylation sites is 1. The number of H-pyrrole nitrogens is 1. The third-order valence-electron chi connectivity index (χ3n) is 3.65. The molecule has 0 spiro atoms. The van der Waals surface area contributed by atoms with Crippen molar-refractivity contribution in [2.24, 2.45) is 0 Å². The highest BCUT2D eigenvalue weighted by atomic mass is 16.3. The molecule has 3 rings (SSSR count). The van der Waals surface area contributed by atoms with E-state index in [1.165, 1.54) is 11.1 Å². The fourth-order valence-corrected chi connectivity index (χ4v) is 2.53. The van der Waals surface area contributed by atoms with Gasteiger partial charge in [0.1, 0.15) is 11.2 Å². The van der Waals surface area contributed by atoms with Crippen LogP contribution < -0.4 is 5.56 Å². The van der Waals surface area contributed by atoms with Crippen molar-refractivity contribution in [2.45, 2.75) is 6.92 Å². The molecule has 2 aromatic heterocycles. The first kappa shape index (κ1) is 14.3. The summed E-state index contributed by atoms with van der Waals surface area (Å²) >= 11 is 0. The molecular weight excluding hydrogens is 284 g/mol. The number of benzene rings is 1. The summed E-state index contributed by atoms with van der Waals surface area (Å²) in [5, 5.41) is 13.8. The van der Waals surface area contributed by atoms with Gasteiger partial charge in [-0.3, -0.25) is 9.59 Å². The first-order valence-electron chi connectivity index (χ1n) is 7.06. The van der Waals surface area contributed by atoms with Crippen LogP contribution in [0.5, 0.6) is 0 Å². The van der Waals surface area contributed by atoms with E-state index in [4.69, 9.17) is 5.11 Å². The average Bonchev–Trinajstić information content (AvgIpc) is 2.96. The summed E-state index contributed by atoms with van der Waals surface area (Å²) in [6, 6.07) is 7.08. The van der Waals surface area contributed by atoms with Gasteiger partial charge in [-0.1, -0.05) is 12.1 Å². The van der Waals surface area contributed by atoms with Gasteiger partial charge in [-0.05, 0) is 19.1 Å². The number of fused-ring (bicyclic) bond motifs is 3. The van der Waals surface area contributed by atoms with Crippen LogP contribution in [0.4, 0.5) is 0 Å². The number of aromatic amines is 1. The summed E-state index contributed by atoms with van der Waals surface area (Å²) in [5.74, 6) is -0.266. The van der Waals surface area contributed by atoms with E-state index in [1.54, 1.807) is 22.7 Å². The Labute approximate surface area is 125 Å². The monoisotopic (exact) mass is 300 g/mol. The van der Waals surface area contributed by atoms with Crippen LogP contribution in [0.15, 0.2) is 35.3 Å². The van der Waals surface area contributed by atoms with Gasteiger partial charge in [0, 0.05) is 13.1 Å². The molecule has 0 unspecified atom stereocenters. The van der Waals surface area contributed by atoms with Crippen molar-refractivity contribution >= 4 is 22.5 Å². The number of hydrogen-bond acceptors (Lipinski definition) is 4. The summed E-state index contributed by atoms with van der Waals surface area (Å²) < 4.78 is 1.55. The third-order valence-corrected chi connectivity index (χ3v) is 3.65. The molecule has 0 bridgehead atoms. The van der Waals surface area contributed by atoms with Crippen molar-refractivity contribution in [1.82, 2.24) is 19.5 Å². The van der Waals surface area contributed by atoms with Crippen LogP contribution in [0, 0.1) is 0 Å². The molecule has 0 atom stereocenters. The quantitative estimate of drug-likeness (QED) is 0.739. The van der Waals surface area contributed by atoms with Crippen LogP contribution in [0.2, 0.25) is 0 Å². The maximum absolute atomic E-state index is 12.5. The normalized spacial score (nSPS) is 11.2. The van der Waals surface area contributed by atoms with E-state index in [0.717, 1.165) is 0 Å². The Kier molecular flexibility index (Phi) is 3.64. The highest BCUT2D eigenvalue weighted by Crippen LogP contribution is 2.15. The van der Waals surface area contributed by atoms with Crippen molar-refractivity contribution < 1.29 is 9.90 Å². The van der Waals surface area contributed by atoms with Gasteiger partial charge in [0.2, 0.25) is 0 Å². The second kappa shape index (κ2) is 5.61. The van der Waals surface area contributed by atoms with Gasteiger partial charge in [-0.25, -0.2) is 4.52 Å². The first-order chi connectivity index (χ1) is 10.7. The zero-order valence-corrected chi connectivity index (χ0v) is 12.1. The molecule has 0 fully saturated rings. The molecule has 2 N–H and O–H groups in total.